The molecule has 10 heteroatoms. The van der Waals surface area contributed by atoms with Gasteiger partial charge >= 0.3 is 18.0 Å². The zero-order valence-corrected chi connectivity index (χ0v) is 18.4. The number of ether oxygens (including phenoxy) is 1. The molecule has 1 aliphatic heterocycles. The molecule has 3 rings (SSSR count). The van der Waals surface area contributed by atoms with Gasteiger partial charge in [-0.3, -0.25) is 14.2 Å². The molecule has 1 aromatic heterocycles. The minimum absolute atomic E-state index is 0.0352. The lowest BCUT2D eigenvalue weighted by molar-refractivity contribution is -0.149. The summed E-state index contributed by atoms with van der Waals surface area (Å²) in [5, 5.41) is 3.41. The number of amides is 3. The number of fused-ring (bicyclic) bond motifs is 1. The molecule has 1 aliphatic rings. The van der Waals surface area contributed by atoms with Crippen LogP contribution in [0, 0.1) is 11.8 Å². The molecule has 172 valence electrons. The number of nitrogens with zero attached hydrogens (tertiary/aromatic N) is 2. The first-order valence-corrected chi connectivity index (χ1v) is 10.5. The summed E-state index contributed by atoms with van der Waals surface area (Å²) in [6.07, 6.45) is 1.72. The molecule has 3 atom stereocenters. The maximum atomic E-state index is 13.1. The number of carbonyl (C=O) groups excluding carboxylic acids is 4. The summed E-state index contributed by atoms with van der Waals surface area (Å²) in [6, 6.07) is 4.70. The van der Waals surface area contributed by atoms with E-state index in [2.05, 4.69) is 5.32 Å². The maximum absolute atomic E-state index is 13.1. The van der Waals surface area contributed by atoms with Crippen molar-refractivity contribution in [3.8, 4) is 0 Å². The highest BCUT2D eigenvalue weighted by Crippen LogP contribution is 2.28. The number of methoxy groups -OCH3 is 1. The van der Waals surface area contributed by atoms with Crippen molar-refractivity contribution in [2.75, 3.05) is 19.0 Å². The Balaban J connectivity index is 1.81. The lowest BCUT2D eigenvalue weighted by atomic mass is 9.88. The number of para-hydroxylation sites is 1. The zero-order chi connectivity index (χ0) is 23.6. The van der Waals surface area contributed by atoms with Crippen LogP contribution in [0.4, 0.5) is 15.3 Å². The Bertz CT molecular complexity index is 1050. The van der Waals surface area contributed by atoms with E-state index in [0.717, 1.165) is 0 Å². The van der Waals surface area contributed by atoms with E-state index >= 15 is 0 Å². The number of hydrogen-bond acceptors (Lipinski definition) is 6. The first-order valence-electron chi connectivity index (χ1n) is 10.5. The van der Waals surface area contributed by atoms with Gasteiger partial charge in [0.05, 0.1) is 30.3 Å². The average Bonchev–Trinajstić information content (AvgIpc) is 3.32. The summed E-state index contributed by atoms with van der Waals surface area (Å²) in [4.78, 5) is 51.4. The SMILES string of the molecule is COC(=O)[C@@H](CC(=O)[C@@H]1C[C@H](N)CN1C(=O)Nc1cn(C(N)=O)c2ccccc12)C(C)C. The number of carbonyl (C=O) groups is 4. The molecule has 3 amide bonds. The smallest absolute Gasteiger partial charge is 0.323 e. The highest BCUT2D eigenvalue weighted by molar-refractivity contribution is 6.05. The van der Waals surface area contributed by atoms with Crippen LogP contribution in [0.1, 0.15) is 26.7 Å². The van der Waals surface area contributed by atoms with E-state index in [-0.39, 0.29) is 30.7 Å². The number of Topliss-reactive ketones (excluding diaryl/α,β-unsaturated/α-hetero) is 1. The number of benzene rings is 1. The molecule has 1 aromatic carbocycles. The van der Waals surface area contributed by atoms with Gasteiger partial charge in [-0.05, 0) is 18.4 Å². The molecule has 32 heavy (non-hydrogen) atoms. The zero-order valence-electron chi connectivity index (χ0n) is 18.4. The van der Waals surface area contributed by atoms with Gasteiger partial charge in [0.1, 0.15) is 0 Å². The Labute approximate surface area is 185 Å². The van der Waals surface area contributed by atoms with Crippen molar-refractivity contribution in [2.45, 2.75) is 38.8 Å². The summed E-state index contributed by atoms with van der Waals surface area (Å²) < 4.78 is 6.07. The van der Waals surface area contributed by atoms with Gasteiger partial charge in [0.25, 0.3) is 0 Å². The number of aromatic nitrogens is 1. The van der Waals surface area contributed by atoms with E-state index in [4.69, 9.17) is 16.2 Å². The van der Waals surface area contributed by atoms with Crippen LogP contribution in [-0.2, 0) is 14.3 Å². The number of ketones is 1. The lowest BCUT2D eigenvalue weighted by Crippen LogP contribution is -2.44. The van der Waals surface area contributed by atoms with Crippen molar-refractivity contribution >= 4 is 40.4 Å². The molecule has 0 saturated carbocycles. The van der Waals surface area contributed by atoms with Crippen LogP contribution in [0.5, 0.6) is 0 Å². The van der Waals surface area contributed by atoms with Gasteiger partial charge < -0.3 is 26.4 Å². The molecule has 10 nitrogen and oxygen atoms in total. The fraction of sp³-hybridized carbons (Fsp3) is 0.455. The quantitative estimate of drug-likeness (QED) is 0.580. The summed E-state index contributed by atoms with van der Waals surface area (Å²) in [6.45, 7) is 3.88. The van der Waals surface area contributed by atoms with Gasteiger partial charge in [0.2, 0.25) is 0 Å². The van der Waals surface area contributed by atoms with E-state index in [0.29, 0.717) is 23.0 Å². The van der Waals surface area contributed by atoms with Gasteiger partial charge in [-0.2, -0.15) is 0 Å². The molecule has 0 unspecified atom stereocenters. The fourth-order valence-electron chi connectivity index (χ4n) is 4.14. The second-order valence-electron chi connectivity index (χ2n) is 8.41. The van der Waals surface area contributed by atoms with Gasteiger partial charge in [-0.25, -0.2) is 9.59 Å². The Hall–Kier alpha value is -3.40. The molecule has 2 heterocycles. The van der Waals surface area contributed by atoms with E-state index in [1.54, 1.807) is 24.3 Å². The highest BCUT2D eigenvalue weighted by atomic mass is 16.5. The van der Waals surface area contributed by atoms with Crippen LogP contribution in [0.25, 0.3) is 10.9 Å². The molecule has 0 spiro atoms. The number of esters is 1. The second-order valence-corrected chi connectivity index (χ2v) is 8.41. The average molecular weight is 444 g/mol. The number of rotatable bonds is 6. The first-order chi connectivity index (χ1) is 15.1. The van der Waals surface area contributed by atoms with E-state index in [9.17, 15) is 19.2 Å². The van der Waals surface area contributed by atoms with Crippen molar-refractivity contribution in [1.82, 2.24) is 9.47 Å². The third-order valence-electron chi connectivity index (χ3n) is 5.89. The third kappa shape index (κ3) is 4.59. The first kappa shape index (κ1) is 23.3. The number of urea groups is 1. The molecule has 5 N–H and O–H groups in total. The number of likely N-dealkylation sites (tertiary alicyclic amines) is 1. The maximum Gasteiger partial charge on any atom is 0.323 e. The van der Waals surface area contributed by atoms with E-state index in [1.807, 2.05) is 13.8 Å². The topological polar surface area (TPSA) is 150 Å². The van der Waals surface area contributed by atoms with Gasteiger partial charge in [-0.1, -0.05) is 32.0 Å². The van der Waals surface area contributed by atoms with Crippen LogP contribution >= 0.6 is 0 Å². The van der Waals surface area contributed by atoms with Crippen LogP contribution in [0.2, 0.25) is 0 Å². The fourth-order valence-corrected chi connectivity index (χ4v) is 4.14. The Kier molecular flexibility index (Phi) is 6.83. The summed E-state index contributed by atoms with van der Waals surface area (Å²) in [5.41, 5.74) is 12.4. The summed E-state index contributed by atoms with van der Waals surface area (Å²) in [5.74, 6) is -1.38. The van der Waals surface area contributed by atoms with Crippen molar-refractivity contribution in [1.29, 1.82) is 0 Å². The predicted molar refractivity (Wildman–Crippen MR) is 119 cm³/mol. The monoisotopic (exact) mass is 443 g/mol. The number of nitrogens with two attached hydrogens (primary N) is 2. The van der Waals surface area contributed by atoms with Crippen LogP contribution in [0.15, 0.2) is 30.5 Å². The summed E-state index contributed by atoms with van der Waals surface area (Å²) in [7, 11) is 1.29. The van der Waals surface area contributed by atoms with E-state index < -0.39 is 30.0 Å². The van der Waals surface area contributed by atoms with Crippen LogP contribution in [-0.4, -0.2) is 59.0 Å². The van der Waals surface area contributed by atoms with Crippen molar-refractivity contribution in [3.05, 3.63) is 30.5 Å². The van der Waals surface area contributed by atoms with Gasteiger partial charge in [0.15, 0.2) is 5.78 Å². The largest absolute Gasteiger partial charge is 0.469 e. The Morgan fingerprint density at radius 3 is 2.53 bits per heavy atom. The highest BCUT2D eigenvalue weighted by Gasteiger charge is 2.40. The molecule has 1 fully saturated rings. The minimum Gasteiger partial charge on any atom is -0.469 e. The van der Waals surface area contributed by atoms with Crippen molar-refractivity contribution in [3.63, 3.8) is 0 Å². The molecule has 1 saturated heterocycles. The minimum atomic E-state index is -0.750. The predicted octanol–water partition coefficient (Wildman–Crippen LogP) is 1.91. The molecule has 0 radical (unpaired) electrons. The normalized spacial score (nSPS) is 19.2. The summed E-state index contributed by atoms with van der Waals surface area (Å²) >= 11 is 0. The molecular formula is C22H29N5O5. The van der Waals surface area contributed by atoms with E-state index in [1.165, 1.54) is 22.8 Å². The Morgan fingerprint density at radius 2 is 1.91 bits per heavy atom. The lowest BCUT2D eigenvalue weighted by Gasteiger charge is -2.26. The molecule has 0 aliphatic carbocycles. The Morgan fingerprint density at radius 1 is 1.22 bits per heavy atom. The third-order valence-corrected chi connectivity index (χ3v) is 5.89. The second kappa shape index (κ2) is 9.39. The van der Waals surface area contributed by atoms with Gasteiger partial charge in [0, 0.05) is 30.6 Å². The number of hydrogen-bond donors (Lipinski definition) is 3. The molecular weight excluding hydrogens is 414 g/mol. The molecule has 0 bridgehead atoms. The van der Waals surface area contributed by atoms with Crippen molar-refractivity contribution in [2.24, 2.45) is 23.3 Å². The number of anilines is 1. The number of primary amides is 1. The number of nitrogens with one attached hydrogen (secondary N) is 1. The van der Waals surface area contributed by atoms with Crippen LogP contribution < -0.4 is 16.8 Å². The standard InChI is InChI=1S/C22H29N5O5/c1-12(2)15(20(29)32-3)9-19(28)18-8-13(23)10-27(18)22(31)25-16-11-26(21(24)30)17-7-5-4-6-14(16)17/h4-7,11-13,15,18H,8-10,23H2,1-3H3,(H2,24,30)(H,25,31)/t13-,15-,18-/m0/s1. The van der Waals surface area contributed by atoms with Crippen molar-refractivity contribution < 1.29 is 23.9 Å². The van der Waals surface area contributed by atoms with Gasteiger partial charge in [-0.15, -0.1) is 0 Å². The molecule has 2 aromatic rings. The van der Waals surface area contributed by atoms with Crippen LogP contribution in [0.3, 0.4) is 0 Å².